The van der Waals surface area contributed by atoms with E-state index in [1.54, 1.807) is 28.9 Å². The molecule has 190 valence electrons. The molecule has 1 atom stereocenters. The number of nitrogens with two attached hydrogens (primary N) is 1. The number of anilines is 1. The van der Waals surface area contributed by atoms with Crippen molar-refractivity contribution in [3.8, 4) is 11.3 Å². The third-order valence-electron chi connectivity index (χ3n) is 6.38. The number of aromatic nitrogens is 4. The fraction of sp³-hybridized carbons (Fsp3) is 0.240. The number of nitrogens with zero attached hydrogens (tertiary/aromatic N) is 5. The van der Waals surface area contributed by atoms with E-state index in [4.69, 9.17) is 10.8 Å². The van der Waals surface area contributed by atoms with Crippen LogP contribution in [0, 0.1) is 11.6 Å². The first-order chi connectivity index (χ1) is 17.8. The molecule has 3 heterocycles. The number of nitrogens with one attached hydrogen (secondary N) is 1. The highest BCUT2D eigenvalue weighted by atomic mass is 19.1. The number of benzene rings is 2. The Morgan fingerprint density at radius 1 is 1.14 bits per heavy atom. The molecule has 1 unspecified atom stereocenters. The van der Waals surface area contributed by atoms with Crippen molar-refractivity contribution in [3.05, 3.63) is 71.6 Å². The molecular weight excluding hydrogens is 484 g/mol. The predicted octanol–water partition coefficient (Wildman–Crippen LogP) is 3.60. The summed E-state index contributed by atoms with van der Waals surface area (Å²) in [5, 5.41) is 17.3. The summed E-state index contributed by atoms with van der Waals surface area (Å²) in [6, 6.07) is 9.65. The molecule has 1 aliphatic rings. The predicted molar refractivity (Wildman–Crippen MR) is 131 cm³/mol. The summed E-state index contributed by atoms with van der Waals surface area (Å²) in [6.07, 6.45) is 1.83. The van der Waals surface area contributed by atoms with Gasteiger partial charge in [0, 0.05) is 25.2 Å². The van der Waals surface area contributed by atoms with Gasteiger partial charge in [-0.2, -0.15) is 5.10 Å². The summed E-state index contributed by atoms with van der Waals surface area (Å²) in [5.74, 6) is -1.97. The second-order valence-corrected chi connectivity index (χ2v) is 8.78. The molecule has 0 saturated carbocycles. The molecule has 10 nitrogen and oxygen atoms in total. The molecular formula is C25H23F2N7O3. The molecule has 1 aliphatic heterocycles. The number of hydrogen-bond donors (Lipinski definition) is 3. The highest BCUT2D eigenvalue weighted by Crippen LogP contribution is 2.33. The second kappa shape index (κ2) is 9.80. The summed E-state index contributed by atoms with van der Waals surface area (Å²) < 4.78 is 29.0. The van der Waals surface area contributed by atoms with E-state index in [0.29, 0.717) is 36.2 Å². The highest BCUT2D eigenvalue weighted by molar-refractivity contribution is 5.98. The zero-order valence-electron chi connectivity index (χ0n) is 19.6. The maximum atomic E-state index is 13.9. The van der Waals surface area contributed by atoms with Crippen molar-refractivity contribution in [3.63, 3.8) is 0 Å². The summed E-state index contributed by atoms with van der Waals surface area (Å²) >= 11 is 0. The van der Waals surface area contributed by atoms with Gasteiger partial charge in [0.25, 0.3) is 5.91 Å². The number of halogens is 2. The zero-order valence-corrected chi connectivity index (χ0v) is 19.6. The van der Waals surface area contributed by atoms with Crippen LogP contribution >= 0.6 is 0 Å². The van der Waals surface area contributed by atoms with E-state index in [-0.39, 0.29) is 24.0 Å². The van der Waals surface area contributed by atoms with Crippen LogP contribution in [0.1, 0.15) is 34.8 Å². The molecule has 37 heavy (non-hydrogen) atoms. The topological polar surface area (TPSA) is 139 Å². The van der Waals surface area contributed by atoms with Crippen LogP contribution in [0.5, 0.6) is 0 Å². The Labute approximate surface area is 209 Å². The van der Waals surface area contributed by atoms with E-state index < -0.39 is 23.6 Å². The minimum absolute atomic E-state index is 0.0998. The van der Waals surface area contributed by atoms with E-state index in [0.717, 1.165) is 35.7 Å². The largest absolute Gasteiger partial charge is 0.465 e. The molecule has 12 heteroatoms. The van der Waals surface area contributed by atoms with Crippen molar-refractivity contribution in [1.82, 2.24) is 30.0 Å². The molecule has 0 bridgehead atoms. The Morgan fingerprint density at radius 2 is 1.92 bits per heavy atom. The van der Waals surface area contributed by atoms with E-state index in [9.17, 15) is 23.5 Å². The number of carbonyl (C=O) groups excluding carboxylic acids is 1. The normalized spacial score (nSPS) is 15.6. The summed E-state index contributed by atoms with van der Waals surface area (Å²) in [4.78, 5) is 33.6. The second-order valence-electron chi connectivity index (χ2n) is 8.78. The first-order valence-electron chi connectivity index (χ1n) is 11.6. The van der Waals surface area contributed by atoms with Gasteiger partial charge < -0.3 is 21.1 Å². The minimum Gasteiger partial charge on any atom is -0.465 e. The van der Waals surface area contributed by atoms with Gasteiger partial charge in [-0.15, -0.1) is 0 Å². The first-order valence-corrected chi connectivity index (χ1v) is 11.6. The van der Waals surface area contributed by atoms with E-state index in [1.807, 2.05) is 0 Å². The van der Waals surface area contributed by atoms with Crippen molar-refractivity contribution < 1.29 is 23.5 Å². The van der Waals surface area contributed by atoms with Gasteiger partial charge in [0.2, 0.25) is 0 Å². The maximum absolute atomic E-state index is 13.9. The van der Waals surface area contributed by atoms with Gasteiger partial charge in [0.1, 0.15) is 29.5 Å². The van der Waals surface area contributed by atoms with Crippen LogP contribution in [0.2, 0.25) is 0 Å². The Balaban J connectivity index is 1.39. The average molecular weight is 508 g/mol. The van der Waals surface area contributed by atoms with E-state index in [1.165, 1.54) is 11.2 Å². The van der Waals surface area contributed by atoms with Gasteiger partial charge in [-0.25, -0.2) is 28.2 Å². The molecule has 4 N–H and O–H groups in total. The SMILES string of the molecule is Nc1ncnc2c1c(-c1ccc(CNC(=O)c3cc(F)ccc3F)cc1)nn2C1CCCN(C(=O)O)C1. The van der Waals surface area contributed by atoms with Crippen LogP contribution in [-0.2, 0) is 6.54 Å². The third-order valence-corrected chi connectivity index (χ3v) is 6.38. The van der Waals surface area contributed by atoms with Crippen molar-refractivity contribution in [2.75, 3.05) is 18.8 Å². The number of fused-ring (bicyclic) bond motifs is 1. The van der Waals surface area contributed by atoms with E-state index >= 15 is 0 Å². The maximum Gasteiger partial charge on any atom is 0.407 e. The van der Waals surface area contributed by atoms with Gasteiger partial charge in [-0.3, -0.25) is 4.79 Å². The number of likely N-dealkylation sites (tertiary alicyclic amines) is 1. The molecule has 1 fully saturated rings. The standard InChI is InChI=1S/C25H23F2N7O3/c26-16-7-8-19(27)18(10-16)24(35)29-11-14-3-5-15(6-4-14)21-20-22(28)30-13-31-23(20)34(32-21)17-2-1-9-33(12-17)25(36)37/h3-8,10,13,17H,1-2,9,11-12H2,(H,29,35)(H,36,37)(H2,28,30,31). The summed E-state index contributed by atoms with van der Waals surface area (Å²) in [5.41, 5.74) is 8.35. The lowest BCUT2D eigenvalue weighted by Gasteiger charge is -2.30. The number of carbonyl (C=O) groups is 2. The number of rotatable bonds is 5. The number of nitrogen functional groups attached to an aromatic ring is 1. The minimum atomic E-state index is -0.974. The van der Waals surface area contributed by atoms with Crippen LogP contribution < -0.4 is 11.1 Å². The van der Waals surface area contributed by atoms with Gasteiger partial charge >= 0.3 is 6.09 Å². The molecule has 2 aromatic heterocycles. The Bertz CT molecular complexity index is 1490. The molecule has 1 saturated heterocycles. The van der Waals surface area contributed by atoms with Gasteiger partial charge in [0.15, 0.2) is 5.65 Å². The lowest BCUT2D eigenvalue weighted by molar-refractivity contribution is 0.0946. The highest BCUT2D eigenvalue weighted by Gasteiger charge is 2.28. The lowest BCUT2D eigenvalue weighted by Crippen LogP contribution is -2.40. The fourth-order valence-electron chi connectivity index (χ4n) is 4.51. The first kappa shape index (κ1) is 24.1. The van der Waals surface area contributed by atoms with Crippen LogP contribution in [0.4, 0.5) is 19.4 Å². The number of amides is 2. The molecule has 0 aliphatic carbocycles. The molecule has 4 aromatic rings. The van der Waals surface area contributed by atoms with Crippen molar-refractivity contribution in [2.24, 2.45) is 0 Å². The smallest absolute Gasteiger partial charge is 0.407 e. The van der Waals surface area contributed by atoms with Crippen LogP contribution in [0.15, 0.2) is 48.8 Å². The third kappa shape index (κ3) is 4.77. The Hall–Kier alpha value is -4.61. The van der Waals surface area contributed by atoms with Crippen molar-refractivity contribution >= 4 is 28.9 Å². The van der Waals surface area contributed by atoms with Gasteiger partial charge in [0.05, 0.1) is 17.0 Å². The quantitative estimate of drug-likeness (QED) is 0.375. The van der Waals surface area contributed by atoms with Gasteiger partial charge in [-0.1, -0.05) is 24.3 Å². The Kier molecular flexibility index (Phi) is 6.38. The monoisotopic (exact) mass is 507 g/mol. The molecule has 2 aromatic carbocycles. The zero-order chi connectivity index (χ0) is 26.1. The fourth-order valence-corrected chi connectivity index (χ4v) is 4.51. The summed E-state index contributed by atoms with van der Waals surface area (Å²) in [6.45, 7) is 0.863. The van der Waals surface area contributed by atoms with Crippen LogP contribution in [0.3, 0.4) is 0 Å². The molecule has 0 spiro atoms. The van der Waals surface area contributed by atoms with Crippen molar-refractivity contribution in [2.45, 2.75) is 25.4 Å². The van der Waals surface area contributed by atoms with Crippen LogP contribution in [0.25, 0.3) is 22.3 Å². The van der Waals surface area contributed by atoms with Crippen LogP contribution in [-0.4, -0.2) is 54.8 Å². The average Bonchev–Trinajstić information content (AvgIpc) is 3.30. The number of carboxylic acid groups (broad SMARTS) is 1. The molecule has 0 radical (unpaired) electrons. The number of hydrogen-bond acceptors (Lipinski definition) is 6. The number of piperidine rings is 1. The lowest BCUT2D eigenvalue weighted by atomic mass is 10.1. The van der Waals surface area contributed by atoms with Crippen molar-refractivity contribution in [1.29, 1.82) is 0 Å². The Morgan fingerprint density at radius 3 is 2.68 bits per heavy atom. The molecule has 5 rings (SSSR count). The summed E-state index contributed by atoms with van der Waals surface area (Å²) in [7, 11) is 0. The molecule has 2 amide bonds. The van der Waals surface area contributed by atoms with E-state index in [2.05, 4.69) is 15.3 Å². The van der Waals surface area contributed by atoms with Gasteiger partial charge in [-0.05, 0) is 36.6 Å².